The molecule has 1 atom stereocenters. The number of hydrogen-bond donors (Lipinski definition) is 1. The maximum absolute atomic E-state index is 13.9. The third-order valence-electron chi connectivity index (χ3n) is 4.27. The summed E-state index contributed by atoms with van der Waals surface area (Å²) in [6.07, 6.45) is 0.283. The lowest BCUT2D eigenvalue weighted by Crippen LogP contribution is -2.48. The molecule has 3 rings (SSSR count). The molecule has 1 N–H and O–H groups in total. The highest BCUT2D eigenvalue weighted by Crippen LogP contribution is 2.27. The molecular weight excluding hydrogens is 335 g/mol. The van der Waals surface area contributed by atoms with Crippen LogP contribution in [0.5, 0.6) is 0 Å². The van der Waals surface area contributed by atoms with Gasteiger partial charge >= 0.3 is 0 Å². The second-order valence-electron chi connectivity index (χ2n) is 6.64. The number of carbonyl (C=O) groups is 3. The zero-order valence-electron chi connectivity index (χ0n) is 14.5. The molecular formula is C20H19FN2O3. The fraction of sp³-hybridized carbons (Fsp3) is 0.250. The fourth-order valence-corrected chi connectivity index (χ4v) is 3.05. The molecule has 2 aromatic carbocycles. The summed E-state index contributed by atoms with van der Waals surface area (Å²) in [5.41, 5.74) is 0.581. The molecule has 0 spiro atoms. The van der Waals surface area contributed by atoms with Crippen molar-refractivity contribution in [2.75, 3.05) is 5.32 Å². The first-order chi connectivity index (χ1) is 12.4. The monoisotopic (exact) mass is 354 g/mol. The Balaban J connectivity index is 1.92. The number of amides is 3. The SMILES string of the molecule is CC(C)C[C@H](C(=O)Nc1ccccc1F)N1C(=O)c2ccccc2C1=O. The van der Waals surface area contributed by atoms with Gasteiger partial charge in [0.2, 0.25) is 5.91 Å². The molecule has 0 bridgehead atoms. The predicted octanol–water partition coefficient (Wildman–Crippen LogP) is 3.48. The highest BCUT2D eigenvalue weighted by Gasteiger charge is 2.42. The third-order valence-corrected chi connectivity index (χ3v) is 4.27. The second-order valence-corrected chi connectivity index (χ2v) is 6.64. The van der Waals surface area contributed by atoms with Gasteiger partial charge in [0.1, 0.15) is 11.9 Å². The van der Waals surface area contributed by atoms with Crippen molar-refractivity contribution in [3.8, 4) is 0 Å². The average Bonchev–Trinajstić information content (AvgIpc) is 2.86. The minimum Gasteiger partial charge on any atom is -0.322 e. The summed E-state index contributed by atoms with van der Waals surface area (Å²) >= 11 is 0. The number of nitrogens with one attached hydrogen (secondary N) is 1. The van der Waals surface area contributed by atoms with E-state index in [9.17, 15) is 18.8 Å². The Morgan fingerprint density at radius 3 is 2.08 bits per heavy atom. The number of hydrogen-bond acceptors (Lipinski definition) is 3. The van der Waals surface area contributed by atoms with Crippen LogP contribution in [0.2, 0.25) is 0 Å². The summed E-state index contributed by atoms with van der Waals surface area (Å²) < 4.78 is 13.9. The molecule has 1 aliphatic rings. The third kappa shape index (κ3) is 3.22. The molecule has 0 aromatic heterocycles. The van der Waals surface area contributed by atoms with E-state index in [1.807, 2.05) is 13.8 Å². The van der Waals surface area contributed by atoms with Crippen molar-refractivity contribution >= 4 is 23.4 Å². The Hall–Kier alpha value is -3.02. The van der Waals surface area contributed by atoms with Gasteiger partial charge in [-0.1, -0.05) is 38.1 Å². The highest BCUT2D eigenvalue weighted by atomic mass is 19.1. The number of rotatable bonds is 5. The van der Waals surface area contributed by atoms with E-state index in [1.54, 1.807) is 30.3 Å². The zero-order valence-corrected chi connectivity index (χ0v) is 14.5. The van der Waals surface area contributed by atoms with Gasteiger partial charge in [0.25, 0.3) is 11.8 Å². The Bertz CT molecular complexity index is 844. The van der Waals surface area contributed by atoms with E-state index in [2.05, 4.69) is 5.32 Å². The molecule has 2 aromatic rings. The molecule has 1 heterocycles. The molecule has 5 nitrogen and oxygen atoms in total. The Morgan fingerprint density at radius 1 is 1.00 bits per heavy atom. The van der Waals surface area contributed by atoms with E-state index in [4.69, 9.17) is 0 Å². The topological polar surface area (TPSA) is 66.5 Å². The first-order valence-electron chi connectivity index (χ1n) is 8.42. The molecule has 0 radical (unpaired) electrons. The highest BCUT2D eigenvalue weighted by molar-refractivity contribution is 6.23. The van der Waals surface area contributed by atoms with E-state index in [0.29, 0.717) is 0 Å². The lowest BCUT2D eigenvalue weighted by Gasteiger charge is -2.26. The fourth-order valence-electron chi connectivity index (χ4n) is 3.05. The molecule has 0 saturated carbocycles. The van der Waals surface area contributed by atoms with Crippen molar-refractivity contribution in [1.82, 2.24) is 4.90 Å². The first kappa shape index (κ1) is 17.8. The maximum atomic E-state index is 13.9. The minimum absolute atomic E-state index is 0.0165. The van der Waals surface area contributed by atoms with Crippen LogP contribution in [0.25, 0.3) is 0 Å². The van der Waals surface area contributed by atoms with E-state index in [0.717, 1.165) is 4.90 Å². The zero-order chi connectivity index (χ0) is 18.8. The first-order valence-corrected chi connectivity index (χ1v) is 8.42. The number of para-hydroxylation sites is 1. The molecule has 0 aliphatic carbocycles. The predicted molar refractivity (Wildman–Crippen MR) is 95.2 cm³/mol. The molecule has 0 fully saturated rings. The lowest BCUT2D eigenvalue weighted by atomic mass is 10.0. The van der Waals surface area contributed by atoms with E-state index >= 15 is 0 Å². The normalized spacial score (nSPS) is 14.5. The van der Waals surface area contributed by atoms with Crippen LogP contribution < -0.4 is 5.32 Å². The van der Waals surface area contributed by atoms with Crippen LogP contribution in [0.3, 0.4) is 0 Å². The molecule has 134 valence electrons. The van der Waals surface area contributed by atoms with Gasteiger partial charge < -0.3 is 5.32 Å². The summed E-state index contributed by atoms with van der Waals surface area (Å²) in [7, 11) is 0. The Labute approximate surface area is 150 Å². The van der Waals surface area contributed by atoms with Crippen molar-refractivity contribution < 1.29 is 18.8 Å². The van der Waals surface area contributed by atoms with Crippen LogP contribution in [0, 0.1) is 11.7 Å². The number of benzene rings is 2. The average molecular weight is 354 g/mol. The van der Waals surface area contributed by atoms with E-state index < -0.39 is 29.6 Å². The molecule has 26 heavy (non-hydrogen) atoms. The summed E-state index contributed by atoms with van der Waals surface area (Å²) in [6, 6.07) is 11.2. The second kappa shape index (κ2) is 7.07. The number of imide groups is 1. The minimum atomic E-state index is -1.01. The van der Waals surface area contributed by atoms with Crippen LogP contribution in [-0.2, 0) is 4.79 Å². The van der Waals surface area contributed by atoms with Crippen molar-refractivity contribution in [2.24, 2.45) is 5.92 Å². The summed E-state index contributed by atoms with van der Waals surface area (Å²) in [6.45, 7) is 3.78. The summed E-state index contributed by atoms with van der Waals surface area (Å²) in [4.78, 5) is 39.2. The van der Waals surface area contributed by atoms with Gasteiger partial charge in [-0.2, -0.15) is 0 Å². The largest absolute Gasteiger partial charge is 0.322 e. The van der Waals surface area contributed by atoms with Gasteiger partial charge in [0.15, 0.2) is 0 Å². The van der Waals surface area contributed by atoms with Gasteiger partial charge in [0, 0.05) is 0 Å². The van der Waals surface area contributed by atoms with Gasteiger partial charge in [0.05, 0.1) is 16.8 Å². The molecule has 3 amide bonds. The number of fused-ring (bicyclic) bond motifs is 1. The van der Waals surface area contributed by atoms with Gasteiger partial charge in [-0.05, 0) is 36.6 Å². The van der Waals surface area contributed by atoms with Crippen LogP contribution >= 0.6 is 0 Å². The van der Waals surface area contributed by atoms with E-state index in [-0.39, 0.29) is 29.2 Å². The number of anilines is 1. The van der Waals surface area contributed by atoms with Crippen LogP contribution in [0.1, 0.15) is 41.0 Å². The van der Waals surface area contributed by atoms with Crippen LogP contribution in [0.4, 0.5) is 10.1 Å². The summed E-state index contributed by atoms with van der Waals surface area (Å²) in [5, 5.41) is 2.50. The summed E-state index contributed by atoms with van der Waals surface area (Å²) in [5.74, 6) is -2.11. The van der Waals surface area contributed by atoms with E-state index in [1.165, 1.54) is 18.2 Å². The number of carbonyl (C=O) groups excluding carboxylic acids is 3. The van der Waals surface area contributed by atoms with Crippen molar-refractivity contribution in [3.05, 3.63) is 65.5 Å². The van der Waals surface area contributed by atoms with Crippen molar-refractivity contribution in [1.29, 1.82) is 0 Å². The van der Waals surface area contributed by atoms with Gasteiger partial charge in [-0.25, -0.2) is 4.39 Å². The maximum Gasteiger partial charge on any atom is 0.262 e. The lowest BCUT2D eigenvalue weighted by molar-refractivity contribution is -0.120. The quantitative estimate of drug-likeness (QED) is 0.836. The standard InChI is InChI=1S/C20H19FN2O3/c1-12(2)11-17(18(24)22-16-10-6-5-9-15(16)21)23-19(25)13-7-3-4-8-14(13)20(23)26/h3-10,12,17H,11H2,1-2H3,(H,22,24)/t17-/m1/s1. The molecule has 6 heteroatoms. The number of halogens is 1. The molecule has 0 unspecified atom stereocenters. The Kier molecular flexibility index (Phi) is 4.84. The van der Waals surface area contributed by atoms with Crippen LogP contribution in [-0.4, -0.2) is 28.7 Å². The molecule has 1 aliphatic heterocycles. The van der Waals surface area contributed by atoms with Crippen LogP contribution in [0.15, 0.2) is 48.5 Å². The van der Waals surface area contributed by atoms with Crippen molar-refractivity contribution in [2.45, 2.75) is 26.3 Å². The van der Waals surface area contributed by atoms with Gasteiger partial charge in [-0.3, -0.25) is 19.3 Å². The smallest absolute Gasteiger partial charge is 0.262 e. The molecule has 0 saturated heterocycles. The van der Waals surface area contributed by atoms with Crippen molar-refractivity contribution in [3.63, 3.8) is 0 Å². The Morgan fingerprint density at radius 2 is 1.54 bits per heavy atom. The number of nitrogens with zero attached hydrogens (tertiary/aromatic N) is 1. The van der Waals surface area contributed by atoms with Gasteiger partial charge in [-0.15, -0.1) is 0 Å².